The third kappa shape index (κ3) is 4.33. The number of ether oxygens (including phenoxy) is 1. The highest BCUT2D eigenvalue weighted by atomic mass is 32.1. The van der Waals surface area contributed by atoms with Crippen molar-refractivity contribution in [1.29, 1.82) is 0 Å². The molecule has 0 aliphatic heterocycles. The molecule has 3 aromatic carbocycles. The highest BCUT2D eigenvalue weighted by molar-refractivity contribution is 7.71. The molecule has 1 heterocycles. The summed E-state index contributed by atoms with van der Waals surface area (Å²) in [7, 11) is 0. The van der Waals surface area contributed by atoms with Crippen LogP contribution in [-0.2, 0) is 6.61 Å². The van der Waals surface area contributed by atoms with E-state index in [-0.39, 0.29) is 0 Å². The van der Waals surface area contributed by atoms with Gasteiger partial charge >= 0.3 is 0 Å². The number of H-pyrrole nitrogens is 1. The van der Waals surface area contributed by atoms with Crippen LogP contribution in [0.3, 0.4) is 0 Å². The summed E-state index contributed by atoms with van der Waals surface area (Å²) in [6.45, 7) is 2.53. The van der Waals surface area contributed by atoms with E-state index in [1.54, 1.807) is 10.9 Å². The molecule has 6 heteroatoms. The van der Waals surface area contributed by atoms with Crippen LogP contribution in [0, 0.1) is 11.7 Å². The Kier molecular flexibility index (Phi) is 5.63. The van der Waals surface area contributed by atoms with Crippen molar-refractivity contribution in [3.63, 3.8) is 0 Å². The van der Waals surface area contributed by atoms with Gasteiger partial charge in [0.05, 0.1) is 6.21 Å². The van der Waals surface area contributed by atoms with E-state index in [4.69, 9.17) is 17.0 Å². The number of hydrogen-bond donors (Lipinski definition) is 1. The van der Waals surface area contributed by atoms with E-state index in [0.29, 0.717) is 17.2 Å². The molecule has 0 aliphatic carbocycles. The van der Waals surface area contributed by atoms with Crippen LogP contribution < -0.4 is 4.74 Å². The van der Waals surface area contributed by atoms with Gasteiger partial charge in [-0.15, -0.1) is 0 Å². The summed E-state index contributed by atoms with van der Waals surface area (Å²) in [5, 5.41) is 11.8. The van der Waals surface area contributed by atoms with Crippen LogP contribution in [0.5, 0.6) is 5.75 Å². The van der Waals surface area contributed by atoms with E-state index in [9.17, 15) is 0 Å². The molecule has 0 saturated heterocycles. The number of nitrogens with zero attached hydrogens (tertiary/aromatic N) is 3. The number of para-hydroxylation sites is 1. The Hall–Kier alpha value is -3.51. The first-order valence-electron chi connectivity index (χ1n) is 9.26. The Morgan fingerprint density at radius 1 is 1.00 bits per heavy atom. The number of aromatic nitrogens is 3. The summed E-state index contributed by atoms with van der Waals surface area (Å²) in [6.07, 6.45) is 1.74. The van der Waals surface area contributed by atoms with Crippen LogP contribution in [0.4, 0.5) is 0 Å². The van der Waals surface area contributed by atoms with Crippen LogP contribution in [0.1, 0.15) is 16.7 Å². The van der Waals surface area contributed by atoms with Gasteiger partial charge in [0.25, 0.3) is 0 Å². The molecule has 0 bridgehead atoms. The van der Waals surface area contributed by atoms with E-state index in [0.717, 1.165) is 28.0 Å². The number of benzene rings is 3. The molecule has 0 saturated carbocycles. The quantitative estimate of drug-likeness (QED) is 0.349. The second-order valence-electron chi connectivity index (χ2n) is 6.54. The maximum atomic E-state index is 6.01. The fraction of sp³-hybridized carbons (Fsp3) is 0.0870. The molecule has 5 nitrogen and oxygen atoms in total. The first-order valence-corrected chi connectivity index (χ1v) is 9.67. The Bertz CT molecular complexity index is 1190. The fourth-order valence-electron chi connectivity index (χ4n) is 2.97. The maximum Gasteiger partial charge on any atom is 0.216 e. The molecule has 0 unspecified atom stereocenters. The molecule has 144 valence electrons. The molecule has 0 aliphatic rings. The molecule has 1 N–H and O–H groups in total. The Balaban J connectivity index is 1.62. The lowest BCUT2D eigenvalue weighted by Crippen LogP contribution is -2.00. The highest BCUT2D eigenvalue weighted by Crippen LogP contribution is 2.22. The van der Waals surface area contributed by atoms with Gasteiger partial charge < -0.3 is 4.74 Å². The third-order valence-electron chi connectivity index (χ3n) is 4.50. The molecule has 1 aromatic heterocycles. The zero-order valence-corrected chi connectivity index (χ0v) is 16.8. The Labute approximate surface area is 174 Å². The second kappa shape index (κ2) is 8.67. The number of hydrogen-bond acceptors (Lipinski definition) is 4. The molecule has 4 aromatic rings. The van der Waals surface area contributed by atoms with Crippen molar-refractivity contribution in [1.82, 2.24) is 14.9 Å². The van der Waals surface area contributed by atoms with Gasteiger partial charge in [0.1, 0.15) is 12.4 Å². The van der Waals surface area contributed by atoms with Gasteiger partial charge in [-0.25, -0.2) is 5.10 Å². The lowest BCUT2D eigenvalue weighted by atomic mass is 10.1. The van der Waals surface area contributed by atoms with Crippen LogP contribution in [0.15, 0.2) is 84.0 Å². The average molecular weight is 401 g/mol. The monoisotopic (exact) mass is 400 g/mol. The van der Waals surface area contributed by atoms with Gasteiger partial charge in [-0.2, -0.15) is 14.9 Å². The van der Waals surface area contributed by atoms with E-state index in [2.05, 4.69) is 15.3 Å². The summed E-state index contributed by atoms with van der Waals surface area (Å²) in [4.78, 5) is 0. The highest BCUT2D eigenvalue weighted by Gasteiger charge is 2.10. The second-order valence-corrected chi connectivity index (χ2v) is 6.92. The van der Waals surface area contributed by atoms with E-state index in [1.807, 2.05) is 85.8 Å². The van der Waals surface area contributed by atoms with Crippen LogP contribution in [0.25, 0.3) is 11.4 Å². The van der Waals surface area contributed by atoms with E-state index in [1.165, 1.54) is 0 Å². The topological polar surface area (TPSA) is 55.2 Å². The summed E-state index contributed by atoms with van der Waals surface area (Å²) in [6, 6.07) is 25.9. The largest absolute Gasteiger partial charge is 0.488 e. The van der Waals surface area contributed by atoms with Crippen molar-refractivity contribution >= 4 is 18.4 Å². The zero-order chi connectivity index (χ0) is 20.1. The summed E-state index contributed by atoms with van der Waals surface area (Å²) in [5.41, 5.74) is 4.05. The predicted molar refractivity (Wildman–Crippen MR) is 118 cm³/mol. The van der Waals surface area contributed by atoms with Crippen molar-refractivity contribution in [2.24, 2.45) is 5.10 Å². The van der Waals surface area contributed by atoms with Crippen molar-refractivity contribution in [3.05, 3.63) is 100 Å². The summed E-state index contributed by atoms with van der Waals surface area (Å²) < 4.78 is 8.07. The van der Waals surface area contributed by atoms with Gasteiger partial charge in [0.15, 0.2) is 5.82 Å². The van der Waals surface area contributed by atoms with Crippen LogP contribution in [-0.4, -0.2) is 21.1 Å². The molecule has 4 rings (SSSR count). The van der Waals surface area contributed by atoms with Crippen LogP contribution in [0.2, 0.25) is 0 Å². The lowest BCUT2D eigenvalue weighted by Gasteiger charge is -2.09. The van der Waals surface area contributed by atoms with Gasteiger partial charge in [-0.3, -0.25) is 0 Å². The molecule has 29 heavy (non-hydrogen) atoms. The predicted octanol–water partition coefficient (Wildman–Crippen LogP) is 5.38. The molecule has 0 spiro atoms. The average Bonchev–Trinajstić information content (AvgIpc) is 3.12. The molecule has 0 amide bonds. The van der Waals surface area contributed by atoms with Gasteiger partial charge in [-0.05, 0) is 42.4 Å². The molecular weight excluding hydrogens is 380 g/mol. The minimum atomic E-state index is 0.433. The van der Waals surface area contributed by atoms with Gasteiger partial charge in [0, 0.05) is 11.1 Å². The van der Waals surface area contributed by atoms with Gasteiger partial charge in [0.2, 0.25) is 4.77 Å². The van der Waals surface area contributed by atoms with Crippen molar-refractivity contribution in [2.45, 2.75) is 13.5 Å². The standard InChI is InChI=1S/C23H20N4OS/c1-17-9-5-7-13-20(17)22-25-26-23(29)27(22)24-15-19-12-6-8-14-21(19)28-16-18-10-3-2-4-11-18/h2-15H,16H2,1H3,(H,26,29)/b24-15+. The maximum absolute atomic E-state index is 6.01. The number of aryl methyl sites for hydroxylation is 1. The van der Waals surface area contributed by atoms with Crippen molar-refractivity contribution in [2.75, 3.05) is 0 Å². The summed E-state index contributed by atoms with van der Waals surface area (Å²) >= 11 is 5.38. The molecule has 0 radical (unpaired) electrons. The first-order chi connectivity index (χ1) is 14.2. The zero-order valence-electron chi connectivity index (χ0n) is 15.9. The number of nitrogens with one attached hydrogen (secondary N) is 1. The van der Waals surface area contributed by atoms with Crippen molar-refractivity contribution in [3.8, 4) is 17.1 Å². The summed E-state index contributed by atoms with van der Waals surface area (Å²) in [5.74, 6) is 1.43. The molecular formula is C23H20N4OS. The Morgan fingerprint density at radius 3 is 2.55 bits per heavy atom. The SMILES string of the molecule is Cc1ccccc1-c1n[nH]c(=S)n1/N=C/c1ccccc1OCc1ccccc1. The van der Waals surface area contributed by atoms with Crippen LogP contribution >= 0.6 is 12.2 Å². The number of rotatable bonds is 6. The van der Waals surface area contributed by atoms with E-state index >= 15 is 0 Å². The van der Waals surface area contributed by atoms with Crippen molar-refractivity contribution < 1.29 is 4.74 Å². The minimum absolute atomic E-state index is 0.433. The molecule has 0 fully saturated rings. The third-order valence-corrected chi connectivity index (χ3v) is 4.77. The Morgan fingerprint density at radius 2 is 1.72 bits per heavy atom. The smallest absolute Gasteiger partial charge is 0.216 e. The van der Waals surface area contributed by atoms with Gasteiger partial charge in [-0.1, -0.05) is 66.7 Å². The fourth-order valence-corrected chi connectivity index (χ4v) is 3.15. The number of aromatic amines is 1. The lowest BCUT2D eigenvalue weighted by molar-refractivity contribution is 0.306. The molecule has 0 atom stereocenters. The minimum Gasteiger partial charge on any atom is -0.488 e. The first kappa shape index (κ1) is 18.8. The normalized spacial score (nSPS) is 11.1. The van der Waals surface area contributed by atoms with E-state index < -0.39 is 0 Å².